The van der Waals surface area contributed by atoms with Gasteiger partial charge in [-0.15, -0.1) is 0 Å². The van der Waals surface area contributed by atoms with E-state index in [1.807, 2.05) is 35.4 Å². The van der Waals surface area contributed by atoms with Gasteiger partial charge in [-0.25, -0.2) is 4.98 Å². The van der Waals surface area contributed by atoms with E-state index in [0.717, 1.165) is 108 Å². The molecule has 5 fully saturated rings. The molecular formula is C47H55F3N10O4. The number of hydrogen-bond acceptors (Lipinski definition) is 11. The number of carbonyl (C=O) groups excluding carboxylic acids is 4. The Labute approximate surface area is 371 Å². The molecule has 0 spiro atoms. The number of alkyl halides is 3. The average molecular weight is 881 g/mol. The highest BCUT2D eigenvalue weighted by molar-refractivity contribution is 6.05. The van der Waals surface area contributed by atoms with Gasteiger partial charge in [0.1, 0.15) is 11.9 Å². The first kappa shape index (κ1) is 43.5. The van der Waals surface area contributed by atoms with Gasteiger partial charge in [-0.3, -0.25) is 29.4 Å². The van der Waals surface area contributed by atoms with Gasteiger partial charge in [0, 0.05) is 114 Å². The van der Waals surface area contributed by atoms with Crippen LogP contribution >= 0.6 is 0 Å². The fourth-order valence-electron chi connectivity index (χ4n) is 10.6. The van der Waals surface area contributed by atoms with Gasteiger partial charge in [-0.1, -0.05) is 0 Å². The smallest absolute Gasteiger partial charge is 0.371 e. The summed E-state index contributed by atoms with van der Waals surface area (Å²) in [5.41, 5.74) is 2.80. The lowest BCUT2D eigenvalue weighted by Gasteiger charge is -2.44. The van der Waals surface area contributed by atoms with Crippen LogP contribution in [-0.2, 0) is 27.1 Å². The van der Waals surface area contributed by atoms with Gasteiger partial charge in [0.05, 0.1) is 29.1 Å². The second-order valence-electron chi connectivity index (χ2n) is 18.2. The first-order chi connectivity index (χ1) is 30.9. The highest BCUT2D eigenvalue weighted by Crippen LogP contribution is 2.36. The molecule has 338 valence electrons. The summed E-state index contributed by atoms with van der Waals surface area (Å²) in [4.78, 5) is 68.5. The van der Waals surface area contributed by atoms with Crippen LogP contribution in [0.25, 0.3) is 0 Å². The third kappa shape index (κ3) is 9.39. The van der Waals surface area contributed by atoms with Gasteiger partial charge >= 0.3 is 6.18 Å². The number of rotatable bonds is 9. The van der Waals surface area contributed by atoms with Crippen molar-refractivity contribution in [1.82, 2.24) is 25.0 Å². The number of nitrogens with one attached hydrogen (secondary N) is 2. The van der Waals surface area contributed by atoms with Crippen LogP contribution in [0, 0.1) is 23.2 Å². The molecule has 6 aliphatic rings. The molecule has 5 saturated heterocycles. The van der Waals surface area contributed by atoms with E-state index >= 15 is 0 Å². The molecule has 1 aromatic heterocycles. The number of aromatic nitrogens is 1. The Kier molecular flexibility index (Phi) is 12.5. The van der Waals surface area contributed by atoms with Crippen molar-refractivity contribution in [3.05, 3.63) is 77.0 Å². The summed E-state index contributed by atoms with van der Waals surface area (Å²) in [7, 11) is 0. The fraction of sp³-hybridized carbons (Fsp3) is 0.532. The molecule has 17 heteroatoms. The number of nitriles is 1. The maximum Gasteiger partial charge on any atom is 0.417 e. The minimum Gasteiger partial charge on any atom is -0.371 e. The second kappa shape index (κ2) is 18.4. The number of piperidine rings is 4. The SMILES string of the molecule is N#Cc1ccc(N2CCC(C(=O)Nc3ccc(N4CCC(CN5CCN(C6CCN(c7ccc8c(c7)CN(C7CCC(=O)NC7=O)C8=O)CC6)CC5)CC4)cn3)CC2)cc1C(F)(F)F. The Hall–Kier alpha value is -5.73. The molecule has 0 radical (unpaired) electrons. The van der Waals surface area contributed by atoms with E-state index in [9.17, 15) is 32.3 Å². The zero-order chi connectivity index (χ0) is 44.5. The third-order valence-corrected chi connectivity index (χ3v) is 14.4. The normalized spacial score (nSPS) is 22.4. The van der Waals surface area contributed by atoms with E-state index in [-0.39, 0.29) is 36.0 Å². The van der Waals surface area contributed by atoms with Crippen LogP contribution in [0.15, 0.2) is 54.7 Å². The molecule has 1 atom stereocenters. The van der Waals surface area contributed by atoms with Gasteiger partial charge in [0.2, 0.25) is 17.7 Å². The molecule has 3 aromatic rings. The Bertz CT molecular complexity index is 2270. The highest BCUT2D eigenvalue weighted by atomic mass is 19.4. The molecule has 64 heavy (non-hydrogen) atoms. The van der Waals surface area contributed by atoms with Crippen molar-refractivity contribution in [3.8, 4) is 6.07 Å². The van der Waals surface area contributed by atoms with Crippen LogP contribution in [0.4, 0.5) is 36.1 Å². The minimum atomic E-state index is -4.62. The van der Waals surface area contributed by atoms with Crippen LogP contribution in [-0.4, -0.2) is 127 Å². The number of anilines is 4. The number of piperazine rings is 1. The molecule has 7 heterocycles. The van der Waals surface area contributed by atoms with Crippen molar-refractivity contribution in [1.29, 1.82) is 5.26 Å². The molecule has 1 unspecified atom stereocenters. The van der Waals surface area contributed by atoms with E-state index in [1.165, 1.54) is 12.1 Å². The standard InChI is InChI=1S/C47H55F3N10O4/c48-47(49,50)40-26-37(2-1-33(40)27-51)56-17-11-32(12-18-56)44(62)53-42-7-4-38(28-52-42)58-15-9-31(10-16-58)29-55-21-23-59(24-22-55)35-13-19-57(20-14-35)36-3-5-39-34(25-36)30-60(46(39)64)41-6-8-43(61)54-45(41)63/h1-5,7,25-26,28,31-32,35,41H,6,8-24,29-30H2,(H,52,53,62)(H,54,61,63). The molecule has 2 aromatic carbocycles. The lowest BCUT2D eigenvalue weighted by Crippen LogP contribution is -2.54. The lowest BCUT2D eigenvalue weighted by atomic mass is 9.95. The number of nitrogens with zero attached hydrogens (tertiary/aromatic N) is 8. The first-order valence-corrected chi connectivity index (χ1v) is 22.8. The molecule has 6 aliphatic heterocycles. The summed E-state index contributed by atoms with van der Waals surface area (Å²) >= 11 is 0. The number of fused-ring (bicyclic) bond motifs is 1. The van der Waals surface area contributed by atoms with Gasteiger partial charge in [-0.05, 0) is 105 Å². The number of hydrogen-bond donors (Lipinski definition) is 2. The number of benzene rings is 2. The summed E-state index contributed by atoms with van der Waals surface area (Å²) in [5.74, 6) is -0.0959. The van der Waals surface area contributed by atoms with Crippen molar-refractivity contribution < 1.29 is 32.3 Å². The quantitative estimate of drug-likeness (QED) is 0.277. The molecular weight excluding hydrogens is 826 g/mol. The maximum atomic E-state index is 13.5. The number of halogens is 3. The third-order valence-electron chi connectivity index (χ3n) is 14.4. The van der Waals surface area contributed by atoms with Crippen LogP contribution in [0.1, 0.15) is 78.4 Å². The topological polar surface area (TPSA) is 148 Å². The molecule has 0 aliphatic carbocycles. The molecule has 4 amide bonds. The Morgan fingerprint density at radius 1 is 0.781 bits per heavy atom. The Morgan fingerprint density at radius 3 is 2.08 bits per heavy atom. The summed E-state index contributed by atoms with van der Waals surface area (Å²) in [6, 6.07) is 15.2. The van der Waals surface area contributed by atoms with Gasteiger partial charge in [0.25, 0.3) is 5.91 Å². The van der Waals surface area contributed by atoms with Crippen molar-refractivity contribution in [2.24, 2.45) is 11.8 Å². The Balaban J connectivity index is 0.668. The highest BCUT2D eigenvalue weighted by Gasteiger charge is 2.40. The predicted octanol–water partition coefficient (Wildman–Crippen LogP) is 5.09. The average Bonchev–Trinajstić information content (AvgIpc) is 3.64. The summed E-state index contributed by atoms with van der Waals surface area (Å²) < 4.78 is 40.5. The predicted molar refractivity (Wildman–Crippen MR) is 235 cm³/mol. The van der Waals surface area contributed by atoms with Gasteiger partial charge in [-0.2, -0.15) is 18.4 Å². The molecule has 0 bridgehead atoms. The van der Waals surface area contributed by atoms with Crippen molar-refractivity contribution in [2.45, 2.75) is 76.2 Å². The summed E-state index contributed by atoms with van der Waals surface area (Å²) in [6.07, 6.45) is 3.23. The van der Waals surface area contributed by atoms with E-state index in [4.69, 9.17) is 5.26 Å². The van der Waals surface area contributed by atoms with Crippen LogP contribution in [0.3, 0.4) is 0 Å². The molecule has 14 nitrogen and oxygen atoms in total. The summed E-state index contributed by atoms with van der Waals surface area (Å²) in [6.45, 7) is 10.5. The van der Waals surface area contributed by atoms with Crippen molar-refractivity contribution >= 4 is 46.5 Å². The molecule has 0 saturated carbocycles. The number of pyridine rings is 1. The Morgan fingerprint density at radius 2 is 1.42 bits per heavy atom. The number of imide groups is 1. The van der Waals surface area contributed by atoms with E-state index < -0.39 is 23.3 Å². The zero-order valence-electron chi connectivity index (χ0n) is 36.0. The molecule has 9 rings (SSSR count). The second-order valence-corrected chi connectivity index (χ2v) is 18.2. The van der Waals surface area contributed by atoms with Crippen molar-refractivity contribution in [2.75, 3.05) is 92.0 Å². The van der Waals surface area contributed by atoms with Gasteiger partial charge in [0.15, 0.2) is 0 Å². The first-order valence-electron chi connectivity index (χ1n) is 22.8. The number of carbonyl (C=O) groups is 4. The maximum absolute atomic E-state index is 13.5. The monoisotopic (exact) mass is 880 g/mol. The van der Waals surface area contributed by atoms with Crippen LogP contribution in [0.5, 0.6) is 0 Å². The van der Waals surface area contributed by atoms with Crippen molar-refractivity contribution in [3.63, 3.8) is 0 Å². The molecule has 2 N–H and O–H groups in total. The lowest BCUT2D eigenvalue weighted by molar-refractivity contribution is -0.138. The number of amides is 4. The van der Waals surface area contributed by atoms with Crippen LogP contribution in [0.2, 0.25) is 0 Å². The van der Waals surface area contributed by atoms with E-state index in [0.29, 0.717) is 67.9 Å². The minimum absolute atomic E-state index is 0.138. The summed E-state index contributed by atoms with van der Waals surface area (Å²) in [5, 5.41) is 14.4. The van der Waals surface area contributed by atoms with Gasteiger partial charge < -0.3 is 29.8 Å². The van der Waals surface area contributed by atoms with Crippen LogP contribution < -0.4 is 25.3 Å². The fourth-order valence-corrected chi connectivity index (χ4v) is 10.6. The zero-order valence-corrected chi connectivity index (χ0v) is 36.0. The van der Waals surface area contributed by atoms with E-state index in [1.54, 1.807) is 11.0 Å². The van der Waals surface area contributed by atoms with E-state index in [2.05, 4.69) is 41.3 Å². The largest absolute Gasteiger partial charge is 0.417 e.